The van der Waals surface area contributed by atoms with Crippen molar-refractivity contribution in [1.29, 1.82) is 0 Å². The van der Waals surface area contributed by atoms with E-state index in [0.29, 0.717) is 19.3 Å². The molecule has 0 spiro atoms. The van der Waals surface area contributed by atoms with Gasteiger partial charge in [0.15, 0.2) is 6.10 Å². The third-order valence-corrected chi connectivity index (χ3v) is 11.4. The zero-order valence-corrected chi connectivity index (χ0v) is 44.5. The Hall–Kier alpha value is -4.19. The van der Waals surface area contributed by atoms with Crippen molar-refractivity contribution in [2.24, 2.45) is 0 Å². The lowest BCUT2D eigenvalue weighted by atomic mass is 10.1. The van der Waals surface area contributed by atoms with Crippen LogP contribution in [0.1, 0.15) is 239 Å². The molecule has 0 bridgehead atoms. The summed E-state index contributed by atoms with van der Waals surface area (Å²) >= 11 is 0. The summed E-state index contributed by atoms with van der Waals surface area (Å²) in [6, 6.07) is 0. The first-order valence-electron chi connectivity index (χ1n) is 28.0. The molecule has 0 saturated carbocycles. The largest absolute Gasteiger partial charge is 0.462 e. The van der Waals surface area contributed by atoms with Crippen molar-refractivity contribution in [1.82, 2.24) is 0 Å². The number of hydrogen-bond acceptors (Lipinski definition) is 6. The van der Waals surface area contributed by atoms with Gasteiger partial charge in [-0.1, -0.05) is 219 Å². The van der Waals surface area contributed by atoms with Crippen LogP contribution in [0.15, 0.2) is 122 Å². The van der Waals surface area contributed by atoms with Crippen molar-refractivity contribution in [2.45, 2.75) is 245 Å². The van der Waals surface area contributed by atoms with E-state index in [1.165, 1.54) is 116 Å². The molecule has 1 atom stereocenters. The van der Waals surface area contributed by atoms with E-state index >= 15 is 0 Å². The second kappa shape index (κ2) is 56.4. The monoisotopic (exact) mass is 955 g/mol. The molecular formula is C63H102O6. The Labute approximate surface area is 424 Å². The van der Waals surface area contributed by atoms with E-state index in [4.69, 9.17) is 14.2 Å². The van der Waals surface area contributed by atoms with Crippen LogP contribution in [-0.2, 0) is 28.6 Å². The number of carbonyl (C=O) groups is 3. The number of allylic oxidation sites excluding steroid dienone is 20. The number of esters is 3. The van der Waals surface area contributed by atoms with E-state index in [0.717, 1.165) is 64.2 Å². The molecule has 0 aromatic heterocycles. The van der Waals surface area contributed by atoms with Crippen molar-refractivity contribution in [3.8, 4) is 0 Å². The summed E-state index contributed by atoms with van der Waals surface area (Å²) in [5.74, 6) is -1.11. The fourth-order valence-electron chi connectivity index (χ4n) is 7.17. The SMILES string of the molecule is CCCCC/C=C\C/C=C\C/C=C\C/C=C\CCCC(=O)OC[C@H](COC(=O)CCC/C=C\C/C=C\C/C=C\CCCCCCCC)OC(=O)CCC/C=C\C/C=C\C/C=C\CCCCCCCC. The predicted octanol–water partition coefficient (Wildman–Crippen LogP) is 18.9. The summed E-state index contributed by atoms with van der Waals surface area (Å²) in [6.45, 7) is 6.45. The van der Waals surface area contributed by atoms with Gasteiger partial charge >= 0.3 is 17.9 Å². The smallest absolute Gasteiger partial charge is 0.306 e. The van der Waals surface area contributed by atoms with E-state index in [1.807, 2.05) is 0 Å². The number of ether oxygens (including phenoxy) is 3. The maximum atomic E-state index is 12.8. The van der Waals surface area contributed by atoms with Crippen molar-refractivity contribution in [3.63, 3.8) is 0 Å². The molecule has 0 rings (SSSR count). The third-order valence-electron chi connectivity index (χ3n) is 11.4. The van der Waals surface area contributed by atoms with Gasteiger partial charge in [-0.15, -0.1) is 0 Å². The molecule has 0 unspecified atom stereocenters. The van der Waals surface area contributed by atoms with Gasteiger partial charge in [-0.25, -0.2) is 0 Å². The van der Waals surface area contributed by atoms with Gasteiger partial charge in [0.2, 0.25) is 0 Å². The molecule has 69 heavy (non-hydrogen) atoms. The molecule has 0 aliphatic heterocycles. The normalized spacial score (nSPS) is 13.0. The predicted molar refractivity (Wildman–Crippen MR) is 297 cm³/mol. The lowest BCUT2D eigenvalue weighted by Crippen LogP contribution is -2.30. The van der Waals surface area contributed by atoms with Crippen LogP contribution >= 0.6 is 0 Å². The molecule has 6 heteroatoms. The number of rotatable bonds is 49. The van der Waals surface area contributed by atoms with Crippen molar-refractivity contribution < 1.29 is 28.6 Å². The first-order valence-corrected chi connectivity index (χ1v) is 28.0. The summed E-state index contributed by atoms with van der Waals surface area (Å²) in [7, 11) is 0. The Kier molecular flexibility index (Phi) is 53.0. The van der Waals surface area contributed by atoms with E-state index in [2.05, 4.69) is 142 Å². The molecule has 0 fully saturated rings. The van der Waals surface area contributed by atoms with Crippen molar-refractivity contribution >= 4 is 17.9 Å². The van der Waals surface area contributed by atoms with E-state index in [9.17, 15) is 14.4 Å². The molecule has 0 aliphatic rings. The van der Waals surface area contributed by atoms with Crippen molar-refractivity contribution in [3.05, 3.63) is 122 Å². The van der Waals surface area contributed by atoms with Crippen LogP contribution in [0.4, 0.5) is 0 Å². The summed E-state index contributed by atoms with van der Waals surface area (Å²) in [6.07, 6.45) is 77.7. The van der Waals surface area contributed by atoms with E-state index in [1.54, 1.807) is 0 Å². The van der Waals surface area contributed by atoms with Crippen LogP contribution in [0.3, 0.4) is 0 Å². The van der Waals surface area contributed by atoms with Crippen LogP contribution in [0.25, 0.3) is 0 Å². The van der Waals surface area contributed by atoms with Gasteiger partial charge in [-0.3, -0.25) is 14.4 Å². The zero-order chi connectivity index (χ0) is 50.0. The average Bonchev–Trinajstić information content (AvgIpc) is 3.35. The lowest BCUT2D eigenvalue weighted by molar-refractivity contribution is -0.166. The van der Waals surface area contributed by atoms with Gasteiger partial charge < -0.3 is 14.2 Å². The summed E-state index contributed by atoms with van der Waals surface area (Å²) in [4.78, 5) is 38.1. The fourth-order valence-corrected chi connectivity index (χ4v) is 7.17. The molecule has 0 aromatic rings. The third kappa shape index (κ3) is 54.6. The number of carbonyl (C=O) groups excluding carboxylic acids is 3. The van der Waals surface area contributed by atoms with Crippen LogP contribution in [0.5, 0.6) is 0 Å². The highest BCUT2D eigenvalue weighted by Gasteiger charge is 2.19. The second-order valence-corrected chi connectivity index (χ2v) is 18.1. The molecule has 0 heterocycles. The van der Waals surface area contributed by atoms with Gasteiger partial charge in [-0.05, 0) is 122 Å². The van der Waals surface area contributed by atoms with Gasteiger partial charge in [0, 0.05) is 19.3 Å². The minimum Gasteiger partial charge on any atom is -0.462 e. The zero-order valence-electron chi connectivity index (χ0n) is 44.5. The minimum absolute atomic E-state index is 0.144. The maximum absolute atomic E-state index is 12.8. The van der Waals surface area contributed by atoms with Gasteiger partial charge in [-0.2, -0.15) is 0 Å². The van der Waals surface area contributed by atoms with Gasteiger partial charge in [0.1, 0.15) is 13.2 Å². The maximum Gasteiger partial charge on any atom is 0.306 e. The molecule has 390 valence electrons. The fraction of sp³-hybridized carbons (Fsp3) is 0.635. The molecule has 0 aliphatic carbocycles. The summed E-state index contributed by atoms with van der Waals surface area (Å²) in [5, 5.41) is 0. The van der Waals surface area contributed by atoms with Crippen LogP contribution in [-0.4, -0.2) is 37.2 Å². The Morgan fingerprint density at radius 1 is 0.290 bits per heavy atom. The quantitative estimate of drug-likeness (QED) is 0.0262. The number of unbranched alkanes of at least 4 members (excludes halogenated alkanes) is 18. The molecule has 0 N–H and O–H groups in total. The topological polar surface area (TPSA) is 78.9 Å². The highest BCUT2D eigenvalue weighted by atomic mass is 16.6. The Morgan fingerprint density at radius 2 is 0.522 bits per heavy atom. The highest BCUT2D eigenvalue weighted by molar-refractivity contribution is 5.71. The van der Waals surface area contributed by atoms with Crippen LogP contribution in [0.2, 0.25) is 0 Å². The average molecular weight is 956 g/mol. The second-order valence-electron chi connectivity index (χ2n) is 18.1. The van der Waals surface area contributed by atoms with Crippen LogP contribution < -0.4 is 0 Å². The van der Waals surface area contributed by atoms with E-state index < -0.39 is 12.1 Å². The lowest BCUT2D eigenvalue weighted by Gasteiger charge is -2.18. The number of hydrogen-bond donors (Lipinski definition) is 0. The Balaban J connectivity index is 4.64. The van der Waals surface area contributed by atoms with E-state index in [-0.39, 0.29) is 44.4 Å². The first kappa shape index (κ1) is 64.8. The molecule has 0 saturated heterocycles. The summed E-state index contributed by atoms with van der Waals surface area (Å²) in [5.41, 5.74) is 0. The molecule has 0 radical (unpaired) electrons. The van der Waals surface area contributed by atoms with Crippen LogP contribution in [0, 0.1) is 0 Å². The first-order chi connectivity index (χ1) is 34.0. The highest BCUT2D eigenvalue weighted by Crippen LogP contribution is 2.11. The molecule has 0 aromatic carbocycles. The molecular weight excluding hydrogens is 853 g/mol. The Morgan fingerprint density at radius 3 is 0.841 bits per heavy atom. The molecule has 6 nitrogen and oxygen atoms in total. The minimum atomic E-state index is -0.850. The van der Waals surface area contributed by atoms with Gasteiger partial charge in [0.05, 0.1) is 0 Å². The summed E-state index contributed by atoms with van der Waals surface area (Å²) < 4.78 is 16.7. The standard InChI is InChI=1S/C63H102O6/c1-4-7-10-13-16-19-22-25-28-31-34-37-40-43-46-49-52-55-61(64)67-58-60(69-63(66)57-54-51-48-45-42-39-36-33-30-27-24-21-18-15-12-9-6-3)59-68-62(65)56-53-50-47-44-41-38-35-32-29-26-23-20-17-14-11-8-5-2/h16,19,25-30,34-39,43-48,60H,4-15,17-18,20-24,31-33,40-42,49-59H2,1-3H3/b19-16-,28-25-,29-26-,30-27-,37-34-,38-35-,39-36-,46-43-,47-44-,48-45-/t60-/m1/s1. The Bertz CT molecular complexity index is 1470. The van der Waals surface area contributed by atoms with Crippen molar-refractivity contribution in [2.75, 3.05) is 13.2 Å². The van der Waals surface area contributed by atoms with Gasteiger partial charge in [0.25, 0.3) is 0 Å². The molecule has 0 amide bonds.